The molecule has 0 aliphatic carbocycles. The lowest BCUT2D eigenvalue weighted by Crippen LogP contribution is -2.41. The van der Waals surface area contributed by atoms with E-state index in [0.717, 1.165) is 11.5 Å². The van der Waals surface area contributed by atoms with Crippen molar-refractivity contribution in [3.63, 3.8) is 0 Å². The molecule has 94 valence electrons. The molecule has 0 radical (unpaired) electrons. The molecule has 5 nitrogen and oxygen atoms in total. The van der Waals surface area contributed by atoms with Crippen LogP contribution in [0.4, 0.5) is 5.82 Å². The van der Waals surface area contributed by atoms with Crippen LogP contribution in [0.2, 0.25) is 0 Å². The molecule has 0 amide bonds. The summed E-state index contributed by atoms with van der Waals surface area (Å²) in [5.41, 5.74) is 0.969. The summed E-state index contributed by atoms with van der Waals surface area (Å²) < 4.78 is 22.5. The largest absolute Gasteiger partial charge is 0.357 e. The Morgan fingerprint density at radius 1 is 1.35 bits per heavy atom. The zero-order valence-corrected chi connectivity index (χ0v) is 10.7. The first kappa shape index (κ1) is 12.3. The predicted octanol–water partition coefficient (Wildman–Crippen LogP) is 0.647. The number of anilines is 1. The Bertz CT molecular complexity index is 493. The van der Waals surface area contributed by atoms with Gasteiger partial charge in [-0.1, -0.05) is 6.07 Å². The van der Waals surface area contributed by atoms with Crippen LogP contribution in [-0.2, 0) is 10.0 Å². The topological polar surface area (TPSA) is 76.3 Å². The Labute approximate surface area is 102 Å². The summed E-state index contributed by atoms with van der Waals surface area (Å²) in [4.78, 5) is 6.54. The lowest BCUT2D eigenvalue weighted by molar-refractivity contribution is 0.529. The van der Waals surface area contributed by atoms with Crippen molar-refractivity contribution in [3.8, 4) is 0 Å². The van der Waals surface area contributed by atoms with Gasteiger partial charge in [-0.25, -0.2) is 18.5 Å². The fraction of sp³-hybridized carbons (Fsp3) is 0.545. The molecular weight excluding hydrogens is 238 g/mol. The maximum Gasteiger partial charge on any atom is 0.212 e. The van der Waals surface area contributed by atoms with Gasteiger partial charge in [-0.05, 0) is 31.9 Å². The molecule has 2 rings (SSSR count). The zero-order valence-electron chi connectivity index (χ0n) is 9.83. The molecule has 1 aromatic heterocycles. The van der Waals surface area contributed by atoms with E-state index in [4.69, 9.17) is 5.14 Å². The number of primary sulfonamides is 1. The van der Waals surface area contributed by atoms with E-state index >= 15 is 0 Å². The van der Waals surface area contributed by atoms with E-state index < -0.39 is 15.3 Å². The van der Waals surface area contributed by atoms with Crippen molar-refractivity contribution in [2.75, 3.05) is 18.0 Å². The summed E-state index contributed by atoms with van der Waals surface area (Å²) in [7, 11) is -3.39. The summed E-state index contributed by atoms with van der Waals surface area (Å²) in [5, 5.41) is 4.76. The number of hydrogen-bond donors (Lipinski definition) is 1. The Balaban J connectivity index is 2.05. The number of rotatable bonds is 2. The minimum absolute atomic E-state index is 0.399. The van der Waals surface area contributed by atoms with Crippen LogP contribution in [-0.4, -0.2) is 31.7 Å². The highest BCUT2D eigenvalue weighted by molar-refractivity contribution is 7.89. The Kier molecular flexibility index (Phi) is 3.35. The minimum Gasteiger partial charge on any atom is -0.357 e. The van der Waals surface area contributed by atoms with Crippen LogP contribution in [0.1, 0.15) is 18.5 Å². The van der Waals surface area contributed by atoms with E-state index in [1.807, 2.05) is 25.1 Å². The second-order valence-corrected chi connectivity index (χ2v) is 6.26. The van der Waals surface area contributed by atoms with Crippen LogP contribution in [0, 0.1) is 6.92 Å². The van der Waals surface area contributed by atoms with E-state index in [2.05, 4.69) is 9.88 Å². The Morgan fingerprint density at radius 2 is 2.00 bits per heavy atom. The molecule has 1 fully saturated rings. The Morgan fingerprint density at radius 3 is 2.53 bits per heavy atom. The number of piperidine rings is 1. The molecule has 0 unspecified atom stereocenters. The van der Waals surface area contributed by atoms with Crippen LogP contribution in [0.5, 0.6) is 0 Å². The van der Waals surface area contributed by atoms with Gasteiger partial charge in [0.15, 0.2) is 0 Å². The standard InChI is InChI=1S/C11H17N3O2S/c1-9-3-2-4-11(13-9)14-7-5-10(6-8-14)17(12,15)16/h2-4,10H,5-8H2,1H3,(H2,12,15,16). The van der Waals surface area contributed by atoms with Crippen molar-refractivity contribution in [2.45, 2.75) is 25.0 Å². The molecule has 17 heavy (non-hydrogen) atoms. The number of nitrogens with zero attached hydrogens (tertiary/aromatic N) is 2. The van der Waals surface area contributed by atoms with Gasteiger partial charge in [0.05, 0.1) is 5.25 Å². The highest BCUT2D eigenvalue weighted by Crippen LogP contribution is 2.20. The molecule has 0 saturated carbocycles. The molecule has 6 heteroatoms. The maximum absolute atomic E-state index is 11.2. The first-order valence-electron chi connectivity index (χ1n) is 5.67. The van der Waals surface area contributed by atoms with Gasteiger partial charge in [0.2, 0.25) is 10.0 Å². The molecule has 0 atom stereocenters. The lowest BCUT2D eigenvalue weighted by Gasteiger charge is -2.31. The maximum atomic E-state index is 11.2. The number of hydrogen-bond acceptors (Lipinski definition) is 4. The molecule has 1 aliphatic heterocycles. The van der Waals surface area contributed by atoms with Gasteiger partial charge in [0, 0.05) is 18.8 Å². The minimum atomic E-state index is -3.39. The van der Waals surface area contributed by atoms with Crippen molar-refractivity contribution < 1.29 is 8.42 Å². The predicted molar refractivity (Wildman–Crippen MR) is 67.3 cm³/mol. The molecule has 2 heterocycles. The average molecular weight is 255 g/mol. The molecule has 1 aromatic rings. The normalized spacial score (nSPS) is 18.4. The fourth-order valence-electron chi connectivity index (χ4n) is 2.12. The van der Waals surface area contributed by atoms with Crippen LogP contribution in [0.25, 0.3) is 0 Å². The van der Waals surface area contributed by atoms with Gasteiger partial charge in [0.1, 0.15) is 5.82 Å². The van der Waals surface area contributed by atoms with Crippen LogP contribution >= 0.6 is 0 Å². The third-order valence-electron chi connectivity index (χ3n) is 3.10. The fourth-order valence-corrected chi connectivity index (χ4v) is 2.99. The van der Waals surface area contributed by atoms with Crippen LogP contribution in [0.15, 0.2) is 18.2 Å². The quantitative estimate of drug-likeness (QED) is 0.841. The smallest absolute Gasteiger partial charge is 0.212 e. The highest BCUT2D eigenvalue weighted by Gasteiger charge is 2.27. The van der Waals surface area contributed by atoms with E-state index in [1.165, 1.54) is 0 Å². The van der Waals surface area contributed by atoms with Gasteiger partial charge in [-0.15, -0.1) is 0 Å². The summed E-state index contributed by atoms with van der Waals surface area (Å²) >= 11 is 0. The van der Waals surface area contributed by atoms with Crippen molar-refractivity contribution in [2.24, 2.45) is 5.14 Å². The number of pyridine rings is 1. The van der Waals surface area contributed by atoms with E-state index in [1.54, 1.807) is 0 Å². The van der Waals surface area contributed by atoms with Gasteiger partial charge in [0.25, 0.3) is 0 Å². The second-order valence-electron chi connectivity index (χ2n) is 4.41. The zero-order chi connectivity index (χ0) is 12.5. The molecular formula is C11H17N3O2S. The average Bonchev–Trinajstić information content (AvgIpc) is 2.28. The van der Waals surface area contributed by atoms with Crippen LogP contribution in [0.3, 0.4) is 0 Å². The van der Waals surface area contributed by atoms with Crippen molar-refractivity contribution in [1.29, 1.82) is 0 Å². The third kappa shape index (κ3) is 2.95. The van der Waals surface area contributed by atoms with E-state index in [0.29, 0.717) is 25.9 Å². The molecule has 0 aromatic carbocycles. The SMILES string of the molecule is Cc1cccc(N2CCC(S(N)(=O)=O)CC2)n1. The number of aryl methyl sites for hydroxylation is 1. The van der Waals surface area contributed by atoms with Gasteiger partial charge < -0.3 is 4.90 Å². The molecule has 0 spiro atoms. The lowest BCUT2D eigenvalue weighted by atomic mass is 10.1. The Hall–Kier alpha value is -1.14. The van der Waals surface area contributed by atoms with E-state index in [9.17, 15) is 8.42 Å². The monoisotopic (exact) mass is 255 g/mol. The van der Waals surface area contributed by atoms with Crippen LogP contribution < -0.4 is 10.0 Å². The number of nitrogens with two attached hydrogens (primary N) is 1. The summed E-state index contributed by atoms with van der Waals surface area (Å²) in [6.07, 6.45) is 1.16. The molecule has 1 aliphatic rings. The van der Waals surface area contributed by atoms with E-state index in [-0.39, 0.29) is 0 Å². The third-order valence-corrected chi connectivity index (χ3v) is 4.50. The number of sulfonamides is 1. The van der Waals surface area contributed by atoms with Gasteiger partial charge in [-0.2, -0.15) is 0 Å². The molecule has 0 bridgehead atoms. The first-order valence-corrected chi connectivity index (χ1v) is 7.28. The van der Waals surface area contributed by atoms with Crippen molar-refractivity contribution in [1.82, 2.24) is 4.98 Å². The molecule has 1 saturated heterocycles. The summed E-state index contributed by atoms with van der Waals surface area (Å²) in [6, 6.07) is 5.86. The van der Waals surface area contributed by atoms with Crippen molar-refractivity contribution >= 4 is 15.8 Å². The summed E-state index contributed by atoms with van der Waals surface area (Å²) in [5.74, 6) is 0.915. The second kappa shape index (κ2) is 4.62. The van der Waals surface area contributed by atoms with Gasteiger partial charge in [-0.3, -0.25) is 0 Å². The number of aromatic nitrogens is 1. The van der Waals surface area contributed by atoms with Crippen molar-refractivity contribution in [3.05, 3.63) is 23.9 Å². The highest BCUT2D eigenvalue weighted by atomic mass is 32.2. The summed E-state index contributed by atoms with van der Waals surface area (Å²) in [6.45, 7) is 3.33. The first-order chi connectivity index (χ1) is 7.97. The van der Waals surface area contributed by atoms with Gasteiger partial charge >= 0.3 is 0 Å². The molecule has 2 N–H and O–H groups in total.